The van der Waals surface area contributed by atoms with Gasteiger partial charge in [0.15, 0.2) is 5.11 Å². The average Bonchev–Trinajstić information content (AvgIpc) is 3.00. The summed E-state index contributed by atoms with van der Waals surface area (Å²) in [6.45, 7) is 4.07. The molecule has 7 heteroatoms. The summed E-state index contributed by atoms with van der Waals surface area (Å²) < 4.78 is 5.31. The number of thiophene rings is 1. The van der Waals surface area contributed by atoms with Crippen LogP contribution in [-0.4, -0.2) is 17.7 Å². The minimum absolute atomic E-state index is 0.300. The SMILES string of the molecule is CCOC(=O)c1c(NC(=S)Nc2ccc(Cl)cc2)sc(C)c1-c1ccccc1. The second-order valence-corrected chi connectivity index (χ2v) is 7.98. The molecule has 2 N–H and O–H groups in total. The van der Waals surface area contributed by atoms with Gasteiger partial charge in [-0.3, -0.25) is 0 Å². The standard InChI is InChI=1S/C21H19ClN2O2S2/c1-3-26-20(25)18-17(14-7-5-4-6-8-14)13(2)28-19(18)24-21(27)23-16-11-9-15(22)10-12-16/h4-12H,3H2,1-2H3,(H2,23,24,27). The zero-order chi connectivity index (χ0) is 20.1. The van der Waals surface area contributed by atoms with E-state index in [9.17, 15) is 4.79 Å². The normalized spacial score (nSPS) is 10.4. The first-order valence-corrected chi connectivity index (χ1v) is 10.3. The molecule has 0 unspecified atom stereocenters. The Morgan fingerprint density at radius 2 is 1.79 bits per heavy atom. The smallest absolute Gasteiger partial charge is 0.341 e. The number of thiocarbonyl (C=S) groups is 1. The average molecular weight is 431 g/mol. The van der Waals surface area contributed by atoms with Gasteiger partial charge in [-0.05, 0) is 55.9 Å². The van der Waals surface area contributed by atoms with Crippen molar-refractivity contribution < 1.29 is 9.53 Å². The number of aryl methyl sites for hydroxylation is 1. The van der Waals surface area contributed by atoms with Crippen molar-refractivity contribution in [2.45, 2.75) is 13.8 Å². The van der Waals surface area contributed by atoms with Gasteiger partial charge >= 0.3 is 5.97 Å². The maximum absolute atomic E-state index is 12.7. The summed E-state index contributed by atoms with van der Waals surface area (Å²) in [7, 11) is 0. The van der Waals surface area contributed by atoms with Gasteiger partial charge in [0.05, 0.1) is 6.61 Å². The summed E-state index contributed by atoms with van der Waals surface area (Å²) in [6.07, 6.45) is 0. The number of hydrogen-bond acceptors (Lipinski definition) is 4. The van der Waals surface area contributed by atoms with Gasteiger partial charge in [0.25, 0.3) is 0 Å². The highest BCUT2D eigenvalue weighted by Crippen LogP contribution is 2.40. The van der Waals surface area contributed by atoms with E-state index in [1.54, 1.807) is 19.1 Å². The lowest BCUT2D eigenvalue weighted by molar-refractivity contribution is 0.0529. The fourth-order valence-electron chi connectivity index (χ4n) is 2.78. The zero-order valence-corrected chi connectivity index (χ0v) is 17.8. The maximum Gasteiger partial charge on any atom is 0.341 e. The largest absolute Gasteiger partial charge is 0.462 e. The van der Waals surface area contributed by atoms with Crippen molar-refractivity contribution >= 4 is 56.9 Å². The first-order chi connectivity index (χ1) is 13.5. The van der Waals surface area contributed by atoms with E-state index in [0.717, 1.165) is 21.7 Å². The van der Waals surface area contributed by atoms with Gasteiger partial charge in [-0.1, -0.05) is 41.9 Å². The van der Waals surface area contributed by atoms with Crippen LogP contribution in [0.15, 0.2) is 54.6 Å². The van der Waals surface area contributed by atoms with E-state index in [1.165, 1.54) is 11.3 Å². The molecule has 0 fully saturated rings. The molecular weight excluding hydrogens is 412 g/mol. The maximum atomic E-state index is 12.7. The van der Waals surface area contributed by atoms with E-state index in [0.29, 0.717) is 27.3 Å². The number of benzene rings is 2. The highest BCUT2D eigenvalue weighted by molar-refractivity contribution is 7.80. The van der Waals surface area contributed by atoms with E-state index in [1.807, 2.05) is 49.4 Å². The number of carbonyl (C=O) groups is 1. The summed E-state index contributed by atoms with van der Waals surface area (Å²) in [4.78, 5) is 13.7. The third kappa shape index (κ3) is 4.70. The number of esters is 1. The molecule has 0 amide bonds. The highest BCUT2D eigenvalue weighted by atomic mass is 35.5. The van der Waals surface area contributed by atoms with Gasteiger partial charge in [-0.25, -0.2) is 4.79 Å². The molecule has 0 aliphatic carbocycles. The molecule has 2 aromatic carbocycles. The number of anilines is 2. The first kappa shape index (κ1) is 20.3. The highest BCUT2D eigenvalue weighted by Gasteiger charge is 2.24. The number of ether oxygens (including phenoxy) is 1. The molecule has 3 rings (SSSR count). The Hall–Kier alpha value is -2.41. The Morgan fingerprint density at radius 1 is 1.11 bits per heavy atom. The fourth-order valence-corrected chi connectivity index (χ4v) is 4.26. The van der Waals surface area contributed by atoms with Crippen molar-refractivity contribution in [1.82, 2.24) is 0 Å². The minimum atomic E-state index is -0.373. The Bertz CT molecular complexity index is 986. The third-order valence-electron chi connectivity index (χ3n) is 3.96. The quantitative estimate of drug-likeness (QED) is 0.364. The summed E-state index contributed by atoms with van der Waals surface area (Å²) >= 11 is 12.8. The number of nitrogens with one attached hydrogen (secondary N) is 2. The number of carbonyl (C=O) groups excluding carboxylic acids is 1. The van der Waals surface area contributed by atoms with Crippen LogP contribution < -0.4 is 10.6 Å². The number of halogens is 1. The number of rotatable bonds is 5. The van der Waals surface area contributed by atoms with Crippen molar-refractivity contribution in [3.63, 3.8) is 0 Å². The fraction of sp³-hybridized carbons (Fsp3) is 0.143. The van der Waals surface area contributed by atoms with Crippen molar-refractivity contribution in [1.29, 1.82) is 0 Å². The molecule has 0 bridgehead atoms. The van der Waals surface area contributed by atoms with Crippen LogP contribution in [0.3, 0.4) is 0 Å². The summed E-state index contributed by atoms with van der Waals surface area (Å²) in [5.74, 6) is -0.373. The molecule has 0 atom stereocenters. The molecule has 0 spiro atoms. The van der Waals surface area contributed by atoms with Gasteiger partial charge in [0.2, 0.25) is 0 Å². The van der Waals surface area contributed by atoms with Crippen molar-refractivity contribution in [2.24, 2.45) is 0 Å². The Morgan fingerprint density at radius 3 is 2.43 bits per heavy atom. The molecular formula is C21H19ClN2O2S2. The van der Waals surface area contributed by atoms with Gasteiger partial charge in [0.1, 0.15) is 10.6 Å². The summed E-state index contributed by atoms with van der Waals surface area (Å²) in [5, 5.41) is 7.94. The van der Waals surface area contributed by atoms with Crippen molar-refractivity contribution in [3.8, 4) is 11.1 Å². The van der Waals surface area contributed by atoms with Crippen LogP contribution in [0.4, 0.5) is 10.7 Å². The molecule has 0 aliphatic rings. The van der Waals surface area contributed by atoms with Crippen LogP contribution >= 0.6 is 35.2 Å². The van der Waals surface area contributed by atoms with E-state index >= 15 is 0 Å². The summed E-state index contributed by atoms with van der Waals surface area (Å²) in [5.41, 5.74) is 3.12. The Labute approximate surface area is 178 Å². The van der Waals surface area contributed by atoms with Crippen molar-refractivity contribution in [3.05, 3.63) is 70.1 Å². The molecule has 0 saturated heterocycles. The van der Waals surface area contributed by atoms with Gasteiger partial charge in [0, 0.05) is 21.2 Å². The first-order valence-electron chi connectivity index (χ1n) is 8.69. The molecule has 3 aromatic rings. The minimum Gasteiger partial charge on any atom is -0.462 e. The predicted octanol–water partition coefficient (Wildman–Crippen LogP) is 6.36. The molecule has 144 valence electrons. The predicted molar refractivity (Wildman–Crippen MR) is 122 cm³/mol. The lowest BCUT2D eigenvalue weighted by Crippen LogP contribution is -2.20. The van der Waals surface area contributed by atoms with E-state index < -0.39 is 0 Å². The van der Waals surface area contributed by atoms with Gasteiger partial charge < -0.3 is 15.4 Å². The molecule has 1 heterocycles. The lowest BCUT2D eigenvalue weighted by atomic mass is 10.0. The van der Waals surface area contributed by atoms with Crippen molar-refractivity contribution in [2.75, 3.05) is 17.2 Å². The van der Waals surface area contributed by atoms with Gasteiger partial charge in [-0.2, -0.15) is 0 Å². The molecule has 0 saturated carbocycles. The topological polar surface area (TPSA) is 50.4 Å². The molecule has 28 heavy (non-hydrogen) atoms. The van der Waals surface area contributed by atoms with Crippen LogP contribution in [0.25, 0.3) is 11.1 Å². The van der Waals surface area contributed by atoms with Crippen LogP contribution in [0.1, 0.15) is 22.2 Å². The molecule has 1 aromatic heterocycles. The number of hydrogen-bond donors (Lipinski definition) is 2. The molecule has 0 radical (unpaired) electrons. The zero-order valence-electron chi connectivity index (χ0n) is 15.4. The third-order valence-corrected chi connectivity index (χ3v) is 5.43. The van der Waals surface area contributed by atoms with E-state index in [-0.39, 0.29) is 5.97 Å². The van der Waals surface area contributed by atoms with Crippen LogP contribution in [-0.2, 0) is 4.74 Å². The molecule has 0 aliphatic heterocycles. The van der Waals surface area contributed by atoms with E-state index in [2.05, 4.69) is 10.6 Å². The Kier molecular flexibility index (Phi) is 6.67. The monoisotopic (exact) mass is 430 g/mol. The Balaban J connectivity index is 1.92. The lowest BCUT2D eigenvalue weighted by Gasteiger charge is -2.12. The molecule has 4 nitrogen and oxygen atoms in total. The van der Waals surface area contributed by atoms with Crippen LogP contribution in [0.2, 0.25) is 5.02 Å². The second kappa shape index (κ2) is 9.19. The van der Waals surface area contributed by atoms with E-state index in [4.69, 9.17) is 28.6 Å². The second-order valence-electron chi connectivity index (χ2n) is 5.91. The van der Waals surface area contributed by atoms with Crippen LogP contribution in [0.5, 0.6) is 0 Å². The van der Waals surface area contributed by atoms with Gasteiger partial charge in [-0.15, -0.1) is 11.3 Å². The van der Waals surface area contributed by atoms with Crippen LogP contribution in [0, 0.1) is 6.92 Å². The summed E-state index contributed by atoms with van der Waals surface area (Å²) in [6, 6.07) is 17.0.